The van der Waals surface area contributed by atoms with Gasteiger partial charge in [-0.15, -0.1) is 0 Å². The van der Waals surface area contributed by atoms with Crippen LogP contribution in [0, 0.1) is 0 Å². The molecule has 1 heterocycles. The minimum atomic E-state index is -2.85. The number of quaternary nitrogens is 2. The fraction of sp³-hybridized carbons (Fsp3) is 0.318. The Kier molecular flexibility index (Phi) is 7.72. The number of alkyl halides is 2. The zero-order chi connectivity index (χ0) is 20.5. The number of carbonyl (C=O) groups is 1. The maximum Gasteiger partial charge on any atom is 0.387 e. The second-order valence-corrected chi connectivity index (χ2v) is 7.15. The van der Waals surface area contributed by atoms with Crippen LogP contribution in [-0.4, -0.2) is 51.8 Å². The molecule has 154 valence electrons. The van der Waals surface area contributed by atoms with E-state index in [0.717, 1.165) is 32.7 Å². The molecular formula is C22H27F2N3O2+2. The number of nitrogens with one attached hydrogen (secondary N) is 3. The van der Waals surface area contributed by atoms with E-state index in [1.165, 1.54) is 27.5 Å². The van der Waals surface area contributed by atoms with Crippen molar-refractivity contribution < 1.29 is 28.1 Å². The van der Waals surface area contributed by atoms with Gasteiger partial charge >= 0.3 is 6.61 Å². The quantitative estimate of drug-likeness (QED) is 0.609. The maximum absolute atomic E-state index is 12.3. The van der Waals surface area contributed by atoms with Crippen LogP contribution in [-0.2, 0) is 4.79 Å². The van der Waals surface area contributed by atoms with Crippen molar-refractivity contribution in [2.75, 3.05) is 44.6 Å². The molecule has 0 unspecified atom stereocenters. The maximum atomic E-state index is 12.3. The van der Waals surface area contributed by atoms with E-state index in [-0.39, 0.29) is 11.7 Å². The van der Waals surface area contributed by atoms with E-state index in [1.54, 1.807) is 12.1 Å². The molecule has 1 aliphatic heterocycles. The summed E-state index contributed by atoms with van der Waals surface area (Å²) in [5.41, 5.74) is 1.79. The summed E-state index contributed by atoms with van der Waals surface area (Å²) < 4.78 is 28.6. The summed E-state index contributed by atoms with van der Waals surface area (Å²) in [7, 11) is 0. The monoisotopic (exact) mass is 403 g/mol. The number of rotatable bonds is 8. The molecule has 5 nitrogen and oxygen atoms in total. The highest BCUT2D eigenvalue weighted by Gasteiger charge is 2.24. The lowest BCUT2D eigenvalue weighted by molar-refractivity contribution is -1.01. The van der Waals surface area contributed by atoms with E-state index in [9.17, 15) is 13.6 Å². The van der Waals surface area contributed by atoms with Crippen LogP contribution >= 0.6 is 0 Å². The molecule has 0 aromatic heterocycles. The molecule has 0 atom stereocenters. The zero-order valence-electron chi connectivity index (χ0n) is 16.2. The van der Waals surface area contributed by atoms with Crippen LogP contribution in [0.4, 0.5) is 14.5 Å². The SMILES string of the molecule is O=C(C[NH+]1CC[NH+](C/C=C/c2ccccc2)CC1)Nc1ccc(OC(F)F)cc1. The summed E-state index contributed by atoms with van der Waals surface area (Å²) >= 11 is 0. The summed E-state index contributed by atoms with van der Waals surface area (Å²) in [6.07, 6.45) is 4.36. The first-order valence-corrected chi connectivity index (χ1v) is 9.82. The molecule has 0 saturated carbocycles. The lowest BCUT2D eigenvalue weighted by atomic mass is 10.2. The molecule has 1 aliphatic rings. The van der Waals surface area contributed by atoms with Crippen LogP contribution in [0.25, 0.3) is 6.08 Å². The Morgan fingerprint density at radius 2 is 1.66 bits per heavy atom. The third-order valence-electron chi connectivity index (χ3n) is 4.95. The Morgan fingerprint density at radius 1 is 1.00 bits per heavy atom. The summed E-state index contributed by atoms with van der Waals surface area (Å²) in [6.45, 7) is 2.49. The number of benzene rings is 2. The number of anilines is 1. The lowest BCUT2D eigenvalue weighted by Crippen LogP contribution is -3.28. The van der Waals surface area contributed by atoms with Crippen LogP contribution in [0.5, 0.6) is 5.75 Å². The van der Waals surface area contributed by atoms with Gasteiger partial charge < -0.3 is 19.9 Å². The van der Waals surface area contributed by atoms with Crippen molar-refractivity contribution in [1.82, 2.24) is 0 Å². The molecule has 1 fully saturated rings. The molecule has 29 heavy (non-hydrogen) atoms. The van der Waals surface area contributed by atoms with Crippen molar-refractivity contribution in [3.63, 3.8) is 0 Å². The van der Waals surface area contributed by atoms with Gasteiger partial charge in [0.15, 0.2) is 6.54 Å². The third-order valence-corrected chi connectivity index (χ3v) is 4.95. The van der Waals surface area contributed by atoms with Gasteiger partial charge in [0, 0.05) is 5.69 Å². The van der Waals surface area contributed by atoms with E-state index in [0.29, 0.717) is 12.2 Å². The molecule has 0 aliphatic carbocycles. The van der Waals surface area contributed by atoms with Crippen molar-refractivity contribution in [2.45, 2.75) is 6.61 Å². The van der Waals surface area contributed by atoms with E-state index < -0.39 is 6.61 Å². The lowest BCUT2D eigenvalue weighted by Gasteiger charge is -2.28. The van der Waals surface area contributed by atoms with Gasteiger partial charge in [0.1, 0.15) is 31.9 Å². The standard InChI is InChI=1S/C22H25F2N3O2/c23-22(24)29-20-10-8-19(9-11-20)25-21(28)17-27-15-13-26(14-16-27)12-4-7-18-5-2-1-3-6-18/h1-11,22H,12-17H2,(H,25,28)/p+2/b7-4+. The average molecular weight is 403 g/mol. The number of hydrogen-bond acceptors (Lipinski definition) is 2. The second-order valence-electron chi connectivity index (χ2n) is 7.15. The Balaban J connectivity index is 1.36. The number of hydrogen-bond donors (Lipinski definition) is 3. The predicted molar refractivity (Wildman–Crippen MR) is 108 cm³/mol. The fourth-order valence-electron chi connectivity index (χ4n) is 3.42. The van der Waals surface area contributed by atoms with Crippen LogP contribution < -0.4 is 19.9 Å². The molecule has 1 saturated heterocycles. The topological polar surface area (TPSA) is 47.2 Å². The van der Waals surface area contributed by atoms with Gasteiger partial charge in [0.05, 0.1) is 6.54 Å². The molecule has 2 aromatic rings. The first-order chi connectivity index (χ1) is 14.1. The van der Waals surface area contributed by atoms with Crippen LogP contribution in [0.3, 0.4) is 0 Å². The normalized spacial score (nSPS) is 19.4. The highest BCUT2D eigenvalue weighted by Crippen LogP contribution is 2.17. The molecule has 3 N–H and O–H groups in total. The summed E-state index contributed by atoms with van der Waals surface area (Å²) in [5, 5.41) is 2.81. The van der Waals surface area contributed by atoms with Gasteiger partial charge in [-0.2, -0.15) is 8.78 Å². The molecule has 0 bridgehead atoms. The first-order valence-electron chi connectivity index (χ1n) is 9.82. The average Bonchev–Trinajstić information content (AvgIpc) is 2.71. The second kappa shape index (κ2) is 10.7. The van der Waals surface area contributed by atoms with Gasteiger partial charge in [-0.05, 0) is 35.9 Å². The van der Waals surface area contributed by atoms with Crippen molar-refractivity contribution in [2.24, 2.45) is 0 Å². The number of halogens is 2. The molecule has 3 rings (SSSR count). The van der Waals surface area contributed by atoms with Crippen molar-refractivity contribution >= 4 is 17.7 Å². The van der Waals surface area contributed by atoms with E-state index in [2.05, 4.69) is 34.3 Å². The third kappa shape index (κ3) is 7.29. The largest absolute Gasteiger partial charge is 0.435 e. The summed E-state index contributed by atoms with van der Waals surface area (Å²) in [5.74, 6) is -0.000939. The Labute approximate surface area is 169 Å². The Bertz CT molecular complexity index is 789. The van der Waals surface area contributed by atoms with Gasteiger partial charge in [0.25, 0.3) is 5.91 Å². The van der Waals surface area contributed by atoms with Gasteiger partial charge in [-0.3, -0.25) is 4.79 Å². The molecule has 2 aromatic carbocycles. The molecular weight excluding hydrogens is 376 g/mol. The smallest absolute Gasteiger partial charge is 0.387 e. The van der Waals surface area contributed by atoms with Crippen molar-refractivity contribution in [3.8, 4) is 5.75 Å². The molecule has 1 amide bonds. The summed E-state index contributed by atoms with van der Waals surface area (Å²) in [4.78, 5) is 15.0. The van der Waals surface area contributed by atoms with Crippen LogP contribution in [0.15, 0.2) is 60.7 Å². The molecule has 0 radical (unpaired) electrons. The van der Waals surface area contributed by atoms with Crippen LogP contribution in [0.2, 0.25) is 0 Å². The highest BCUT2D eigenvalue weighted by atomic mass is 19.3. The van der Waals surface area contributed by atoms with E-state index in [1.807, 2.05) is 18.2 Å². The van der Waals surface area contributed by atoms with Gasteiger partial charge in [0.2, 0.25) is 0 Å². The van der Waals surface area contributed by atoms with Gasteiger partial charge in [-0.25, -0.2) is 0 Å². The van der Waals surface area contributed by atoms with E-state index in [4.69, 9.17) is 0 Å². The van der Waals surface area contributed by atoms with E-state index >= 15 is 0 Å². The zero-order valence-corrected chi connectivity index (χ0v) is 16.2. The minimum absolute atomic E-state index is 0.0732. The molecule has 0 spiro atoms. The Morgan fingerprint density at radius 3 is 2.31 bits per heavy atom. The fourth-order valence-corrected chi connectivity index (χ4v) is 3.42. The number of amides is 1. The first kappa shape index (κ1) is 21.0. The summed E-state index contributed by atoms with van der Waals surface area (Å²) in [6, 6.07) is 16.2. The predicted octanol–water partition coefficient (Wildman–Crippen LogP) is 0.723. The number of carbonyl (C=O) groups excluding carboxylic acids is 1. The Hall–Kier alpha value is -2.77. The highest BCUT2D eigenvalue weighted by molar-refractivity contribution is 5.91. The van der Waals surface area contributed by atoms with Crippen LogP contribution in [0.1, 0.15) is 5.56 Å². The van der Waals surface area contributed by atoms with Crippen molar-refractivity contribution in [1.29, 1.82) is 0 Å². The van der Waals surface area contributed by atoms with Crippen molar-refractivity contribution in [3.05, 3.63) is 66.2 Å². The minimum Gasteiger partial charge on any atom is -0.435 e. The molecule has 7 heteroatoms. The number of piperazine rings is 1. The number of ether oxygens (including phenoxy) is 1. The van der Waals surface area contributed by atoms with Gasteiger partial charge in [-0.1, -0.05) is 36.4 Å².